The van der Waals surface area contributed by atoms with Crippen molar-refractivity contribution in [1.29, 1.82) is 0 Å². The van der Waals surface area contributed by atoms with E-state index in [4.69, 9.17) is 4.74 Å². The van der Waals surface area contributed by atoms with Crippen LogP contribution in [0.15, 0.2) is 97.7 Å². The van der Waals surface area contributed by atoms with E-state index in [9.17, 15) is 5.11 Å². The van der Waals surface area contributed by atoms with Gasteiger partial charge < -0.3 is 9.84 Å². The van der Waals surface area contributed by atoms with Crippen LogP contribution in [0.1, 0.15) is 37.0 Å². The predicted molar refractivity (Wildman–Crippen MR) is 163 cm³/mol. The third kappa shape index (κ3) is 3.70. The molecule has 5 atom stereocenters. The largest absolute Gasteiger partial charge is 0.497 e. The fourth-order valence-corrected chi connectivity index (χ4v) is 8.13. The van der Waals surface area contributed by atoms with Crippen molar-refractivity contribution >= 4 is 32.4 Å². The first-order valence-corrected chi connectivity index (χ1v) is 14.5. The molecule has 2 aliphatic rings. The maximum atomic E-state index is 12.4. The molecule has 4 heteroatoms. The van der Waals surface area contributed by atoms with Crippen LogP contribution >= 0.6 is 0 Å². The number of benzene rings is 4. The summed E-state index contributed by atoms with van der Waals surface area (Å²) >= 11 is 0. The normalized spacial score (nSPS) is 25.1. The van der Waals surface area contributed by atoms with Crippen LogP contribution in [0.25, 0.3) is 32.4 Å². The number of nitrogens with zero attached hydrogens (tertiary/aromatic N) is 2. The van der Waals surface area contributed by atoms with Crippen LogP contribution < -0.4 is 4.74 Å². The topological polar surface area (TPSA) is 45.6 Å². The Hall–Kier alpha value is -3.73. The van der Waals surface area contributed by atoms with Gasteiger partial charge in [0.05, 0.1) is 18.7 Å². The van der Waals surface area contributed by atoms with Gasteiger partial charge in [-0.2, -0.15) is 0 Å². The van der Waals surface area contributed by atoms with E-state index in [1.165, 1.54) is 27.1 Å². The number of ether oxygens (including phenoxy) is 1. The number of methoxy groups -OCH3 is 1. The lowest BCUT2D eigenvalue weighted by Gasteiger charge is -2.44. The number of aliphatic hydroxyl groups is 1. The fraction of sp³-hybridized carbons (Fsp3) is 0.306. The van der Waals surface area contributed by atoms with E-state index in [0.717, 1.165) is 48.1 Å². The standard InChI is InChI=1S/C36H36N2O2/c1-4-31-32-17-19-38(22-30-26-12-8-6-10-23(26)20-24-11-7-9-13-27(24)30)35(36(31,32)5-2)34(39)28-16-18-37-33-15-14-25(40-3)21-29(28)33/h5-16,18,20-21,31-32,34-35,39H,2,4,17,19,22H2,1,3H3. The molecule has 5 unspecified atom stereocenters. The first-order chi connectivity index (χ1) is 19.6. The zero-order valence-electron chi connectivity index (χ0n) is 23.3. The van der Waals surface area contributed by atoms with Crippen LogP contribution in [0, 0.1) is 17.3 Å². The summed E-state index contributed by atoms with van der Waals surface area (Å²) in [5.41, 5.74) is 2.98. The third-order valence-corrected chi connectivity index (χ3v) is 9.93. The van der Waals surface area contributed by atoms with Gasteiger partial charge in [-0.15, -0.1) is 6.58 Å². The van der Waals surface area contributed by atoms with Gasteiger partial charge in [0.1, 0.15) is 5.75 Å². The third-order valence-electron chi connectivity index (χ3n) is 9.93. The Morgan fingerprint density at radius 3 is 2.42 bits per heavy atom. The summed E-state index contributed by atoms with van der Waals surface area (Å²) in [6.07, 6.45) is 5.52. The average Bonchev–Trinajstić information content (AvgIpc) is 3.67. The van der Waals surface area contributed by atoms with Gasteiger partial charge in [-0.05, 0) is 87.8 Å². The molecule has 4 nitrogen and oxygen atoms in total. The molecule has 2 heterocycles. The molecule has 0 radical (unpaired) electrons. The van der Waals surface area contributed by atoms with Gasteiger partial charge in [-0.3, -0.25) is 9.88 Å². The van der Waals surface area contributed by atoms with E-state index in [2.05, 4.69) is 84.1 Å². The van der Waals surface area contributed by atoms with Gasteiger partial charge >= 0.3 is 0 Å². The van der Waals surface area contributed by atoms with Crippen molar-refractivity contribution in [3.63, 3.8) is 0 Å². The number of piperidine rings is 1. The number of likely N-dealkylation sites (tertiary alicyclic amines) is 1. The number of fused-ring (bicyclic) bond motifs is 4. The number of hydrogen-bond donors (Lipinski definition) is 1. The highest BCUT2D eigenvalue weighted by Crippen LogP contribution is 2.69. The zero-order valence-corrected chi connectivity index (χ0v) is 23.3. The molecule has 0 amide bonds. The molecule has 0 spiro atoms. The first-order valence-electron chi connectivity index (χ1n) is 14.5. The summed E-state index contributed by atoms with van der Waals surface area (Å²) in [4.78, 5) is 7.15. The molecule has 5 aromatic rings. The van der Waals surface area contributed by atoms with Gasteiger partial charge in [0.25, 0.3) is 0 Å². The molecule has 4 aromatic carbocycles. The Morgan fingerprint density at radius 2 is 1.75 bits per heavy atom. The van der Waals surface area contributed by atoms with Crippen molar-refractivity contribution in [2.24, 2.45) is 17.3 Å². The highest BCUT2D eigenvalue weighted by Gasteiger charge is 2.69. The van der Waals surface area contributed by atoms with Crippen LogP contribution in [0.2, 0.25) is 0 Å². The van der Waals surface area contributed by atoms with Crippen molar-refractivity contribution in [2.45, 2.75) is 38.5 Å². The number of aromatic nitrogens is 1. The lowest BCUT2D eigenvalue weighted by molar-refractivity contribution is -0.00993. The summed E-state index contributed by atoms with van der Waals surface area (Å²) in [6, 6.07) is 27.5. The Kier molecular flexibility index (Phi) is 6.14. The van der Waals surface area contributed by atoms with Crippen LogP contribution in [0.3, 0.4) is 0 Å². The van der Waals surface area contributed by atoms with Crippen molar-refractivity contribution in [2.75, 3.05) is 13.7 Å². The Labute approximate surface area is 235 Å². The molecule has 1 saturated heterocycles. The molecule has 1 saturated carbocycles. The molecule has 202 valence electrons. The second kappa shape index (κ2) is 9.72. The van der Waals surface area contributed by atoms with Crippen molar-refractivity contribution in [3.05, 3.63) is 109 Å². The van der Waals surface area contributed by atoms with Crippen LogP contribution in [0.5, 0.6) is 5.75 Å². The molecular weight excluding hydrogens is 492 g/mol. The average molecular weight is 529 g/mol. The van der Waals surface area contributed by atoms with Crippen molar-refractivity contribution < 1.29 is 9.84 Å². The smallest absolute Gasteiger partial charge is 0.119 e. The first kappa shape index (κ1) is 25.3. The number of aliphatic hydroxyl groups excluding tert-OH is 1. The molecule has 7 rings (SSSR count). The van der Waals surface area contributed by atoms with Gasteiger partial charge in [0.15, 0.2) is 0 Å². The monoisotopic (exact) mass is 528 g/mol. The summed E-state index contributed by atoms with van der Waals surface area (Å²) < 4.78 is 5.55. The summed E-state index contributed by atoms with van der Waals surface area (Å²) in [6.45, 7) is 8.39. The van der Waals surface area contributed by atoms with Crippen molar-refractivity contribution in [3.8, 4) is 5.75 Å². The Morgan fingerprint density at radius 1 is 1.02 bits per heavy atom. The van der Waals surface area contributed by atoms with Gasteiger partial charge in [0, 0.05) is 29.6 Å². The maximum Gasteiger partial charge on any atom is 0.119 e. The lowest BCUT2D eigenvalue weighted by atomic mass is 9.80. The van der Waals surface area contributed by atoms with Crippen LogP contribution in [-0.4, -0.2) is 34.7 Å². The van der Waals surface area contributed by atoms with E-state index in [0.29, 0.717) is 11.8 Å². The highest BCUT2D eigenvalue weighted by molar-refractivity contribution is 6.02. The quantitative estimate of drug-likeness (QED) is 0.174. The second-order valence-electron chi connectivity index (χ2n) is 11.6. The minimum atomic E-state index is -0.698. The molecular formula is C36H36N2O2. The zero-order chi connectivity index (χ0) is 27.4. The lowest BCUT2D eigenvalue weighted by Crippen LogP contribution is -2.49. The maximum absolute atomic E-state index is 12.4. The summed E-state index contributed by atoms with van der Waals surface area (Å²) in [5.74, 6) is 1.85. The summed E-state index contributed by atoms with van der Waals surface area (Å²) in [5, 5.41) is 18.5. The predicted octanol–water partition coefficient (Wildman–Crippen LogP) is 7.69. The van der Waals surface area contributed by atoms with Gasteiger partial charge in [-0.1, -0.05) is 68.0 Å². The molecule has 1 N–H and O–H groups in total. The fourth-order valence-electron chi connectivity index (χ4n) is 8.13. The van der Waals surface area contributed by atoms with Crippen LogP contribution in [0.4, 0.5) is 0 Å². The van der Waals surface area contributed by atoms with E-state index in [-0.39, 0.29) is 11.5 Å². The van der Waals surface area contributed by atoms with E-state index in [1.54, 1.807) is 7.11 Å². The molecule has 40 heavy (non-hydrogen) atoms. The molecule has 1 aromatic heterocycles. The number of pyridine rings is 1. The second-order valence-corrected chi connectivity index (χ2v) is 11.6. The molecule has 2 fully saturated rings. The highest BCUT2D eigenvalue weighted by atomic mass is 16.5. The van der Waals surface area contributed by atoms with Gasteiger partial charge in [-0.25, -0.2) is 0 Å². The number of rotatable bonds is 7. The Bertz CT molecular complexity index is 1690. The van der Waals surface area contributed by atoms with E-state index >= 15 is 0 Å². The molecule has 1 aliphatic heterocycles. The SMILES string of the molecule is C=CC12C(CC)C1CCN(Cc1c3ccccc3cc3ccccc13)C2C(O)c1ccnc2ccc(OC)cc12. The minimum Gasteiger partial charge on any atom is -0.497 e. The van der Waals surface area contributed by atoms with Crippen molar-refractivity contribution in [1.82, 2.24) is 9.88 Å². The van der Waals surface area contributed by atoms with E-state index < -0.39 is 6.10 Å². The van der Waals surface area contributed by atoms with E-state index in [1.807, 2.05) is 30.5 Å². The summed E-state index contributed by atoms with van der Waals surface area (Å²) in [7, 11) is 1.68. The molecule has 0 bridgehead atoms. The van der Waals surface area contributed by atoms with Crippen LogP contribution in [-0.2, 0) is 6.54 Å². The molecule has 1 aliphatic carbocycles. The minimum absolute atomic E-state index is 0.0942. The van der Waals surface area contributed by atoms with Gasteiger partial charge in [0.2, 0.25) is 0 Å². The number of hydrogen-bond acceptors (Lipinski definition) is 4. The Balaban J connectivity index is 1.39.